The molecule has 0 radical (unpaired) electrons. The third-order valence-corrected chi connectivity index (χ3v) is 6.81. The van der Waals surface area contributed by atoms with Crippen LogP contribution in [0, 0.1) is 12.8 Å². The number of hydrogen-bond donors (Lipinski definition) is 2. The summed E-state index contributed by atoms with van der Waals surface area (Å²) in [5.41, 5.74) is 7.56. The number of aryl methyl sites for hydroxylation is 1. The van der Waals surface area contributed by atoms with Gasteiger partial charge >= 0.3 is 0 Å². The number of carbonyl (C=O) groups excluding carboxylic acids is 2. The van der Waals surface area contributed by atoms with E-state index in [9.17, 15) is 9.59 Å². The summed E-state index contributed by atoms with van der Waals surface area (Å²) in [6, 6.07) is 11.5. The first-order chi connectivity index (χ1) is 17.9. The van der Waals surface area contributed by atoms with E-state index in [1.54, 1.807) is 35.4 Å². The predicted octanol–water partition coefficient (Wildman–Crippen LogP) is 3.03. The van der Waals surface area contributed by atoms with Gasteiger partial charge in [-0.3, -0.25) is 14.3 Å². The van der Waals surface area contributed by atoms with Crippen molar-refractivity contribution >= 4 is 23.3 Å². The number of hydrogen-bond acceptors (Lipinski definition) is 7. The zero-order valence-electron chi connectivity index (χ0n) is 20.9. The van der Waals surface area contributed by atoms with Crippen LogP contribution in [0.2, 0.25) is 0 Å². The number of aromatic nitrogens is 3. The Morgan fingerprint density at radius 2 is 1.95 bits per heavy atom. The summed E-state index contributed by atoms with van der Waals surface area (Å²) in [5.74, 6) is 1.45. The SMILES string of the molecule is Cc1ccc(O[C@H]2CCCN(C(=O)Cn3cc(NC(=O)C4CC(Oc5cccnc5N)C4)cn3)C2)cc1. The number of nitrogen functional groups attached to an aromatic ring is 1. The Hall–Kier alpha value is -4.08. The van der Waals surface area contributed by atoms with E-state index in [2.05, 4.69) is 15.4 Å². The number of pyridine rings is 1. The molecular weight excluding hydrogens is 472 g/mol. The van der Waals surface area contributed by atoms with Crippen molar-refractivity contribution < 1.29 is 19.1 Å². The van der Waals surface area contributed by atoms with Gasteiger partial charge in [-0.05, 0) is 56.9 Å². The highest BCUT2D eigenvalue weighted by molar-refractivity contribution is 5.93. The lowest BCUT2D eigenvalue weighted by Crippen LogP contribution is -2.45. The van der Waals surface area contributed by atoms with Gasteiger partial charge in [-0.25, -0.2) is 4.98 Å². The van der Waals surface area contributed by atoms with Gasteiger partial charge in [0.25, 0.3) is 0 Å². The van der Waals surface area contributed by atoms with E-state index < -0.39 is 0 Å². The molecule has 0 spiro atoms. The maximum atomic E-state index is 12.9. The van der Waals surface area contributed by atoms with Gasteiger partial charge in [0.1, 0.15) is 24.5 Å². The number of likely N-dealkylation sites (tertiary alicyclic amines) is 1. The Labute approximate surface area is 215 Å². The lowest BCUT2D eigenvalue weighted by atomic mass is 9.81. The molecule has 1 atom stereocenters. The smallest absolute Gasteiger partial charge is 0.244 e. The molecule has 3 heterocycles. The standard InChI is InChI=1S/C27H32N6O4/c1-18-6-8-21(9-7-18)36-22-4-3-11-32(16-22)25(34)17-33-15-20(14-30-33)31-27(35)19-12-23(13-19)37-24-5-2-10-29-26(24)28/h2,5-10,14-15,19,22-23H,3-4,11-13,16-17H2,1H3,(H2,28,29)(H,31,35)/t19?,22-,23?/m0/s1. The zero-order valence-corrected chi connectivity index (χ0v) is 20.9. The normalized spacial score (nSPS) is 21.1. The van der Waals surface area contributed by atoms with Gasteiger partial charge in [0.05, 0.1) is 18.4 Å². The number of carbonyl (C=O) groups is 2. The highest BCUT2D eigenvalue weighted by atomic mass is 16.5. The summed E-state index contributed by atoms with van der Waals surface area (Å²) in [6.45, 7) is 3.40. The predicted molar refractivity (Wildman–Crippen MR) is 138 cm³/mol. The number of rotatable bonds is 8. The zero-order chi connectivity index (χ0) is 25.8. The van der Waals surface area contributed by atoms with E-state index in [0.29, 0.717) is 43.2 Å². The van der Waals surface area contributed by atoms with Gasteiger partial charge in [0.15, 0.2) is 11.6 Å². The van der Waals surface area contributed by atoms with Gasteiger partial charge in [-0.2, -0.15) is 5.10 Å². The van der Waals surface area contributed by atoms with E-state index in [1.807, 2.05) is 36.1 Å². The minimum atomic E-state index is -0.147. The molecule has 1 aliphatic carbocycles. The van der Waals surface area contributed by atoms with Crippen molar-refractivity contribution in [2.75, 3.05) is 24.1 Å². The molecule has 194 valence electrons. The summed E-state index contributed by atoms with van der Waals surface area (Å²) in [5, 5.41) is 7.15. The molecule has 1 saturated heterocycles. The number of piperidine rings is 1. The molecule has 1 saturated carbocycles. The third kappa shape index (κ3) is 6.19. The van der Waals surface area contributed by atoms with Gasteiger partial charge in [0.2, 0.25) is 11.8 Å². The van der Waals surface area contributed by atoms with Crippen molar-refractivity contribution in [3.05, 3.63) is 60.6 Å². The molecule has 3 N–H and O–H groups in total. The number of nitrogens with one attached hydrogen (secondary N) is 1. The number of anilines is 2. The highest BCUT2D eigenvalue weighted by Crippen LogP contribution is 2.33. The second kappa shape index (κ2) is 10.9. The lowest BCUT2D eigenvalue weighted by molar-refractivity contribution is -0.134. The van der Waals surface area contributed by atoms with Crippen LogP contribution in [0.15, 0.2) is 55.0 Å². The van der Waals surface area contributed by atoms with Gasteiger partial charge in [-0.15, -0.1) is 0 Å². The fraction of sp³-hybridized carbons (Fsp3) is 0.407. The molecule has 10 heteroatoms. The molecule has 37 heavy (non-hydrogen) atoms. The van der Waals surface area contributed by atoms with Crippen LogP contribution in [0.3, 0.4) is 0 Å². The van der Waals surface area contributed by atoms with Gasteiger partial charge in [-0.1, -0.05) is 17.7 Å². The molecule has 3 aromatic rings. The summed E-state index contributed by atoms with van der Waals surface area (Å²) in [7, 11) is 0. The summed E-state index contributed by atoms with van der Waals surface area (Å²) in [6.07, 6.45) is 7.78. The maximum absolute atomic E-state index is 12.9. The first-order valence-electron chi connectivity index (χ1n) is 12.6. The summed E-state index contributed by atoms with van der Waals surface area (Å²) >= 11 is 0. The van der Waals surface area contributed by atoms with Crippen LogP contribution in [0.4, 0.5) is 11.5 Å². The fourth-order valence-electron chi connectivity index (χ4n) is 4.63. The Kier molecular flexibility index (Phi) is 7.25. The van der Waals surface area contributed by atoms with Crippen molar-refractivity contribution in [1.82, 2.24) is 19.7 Å². The molecule has 2 aliphatic rings. The molecular formula is C27H32N6O4. The molecule has 10 nitrogen and oxygen atoms in total. The van der Waals surface area contributed by atoms with Crippen LogP contribution in [0.5, 0.6) is 11.5 Å². The highest BCUT2D eigenvalue weighted by Gasteiger charge is 2.36. The van der Waals surface area contributed by atoms with E-state index in [1.165, 1.54) is 5.56 Å². The number of nitrogens with zero attached hydrogens (tertiary/aromatic N) is 4. The van der Waals surface area contributed by atoms with Crippen LogP contribution >= 0.6 is 0 Å². The summed E-state index contributed by atoms with van der Waals surface area (Å²) in [4.78, 5) is 31.4. The molecule has 5 rings (SSSR count). The first kappa shape index (κ1) is 24.6. The number of amides is 2. The second-order valence-corrected chi connectivity index (χ2v) is 9.75. The molecule has 2 aromatic heterocycles. The largest absolute Gasteiger partial charge is 0.489 e. The fourth-order valence-corrected chi connectivity index (χ4v) is 4.63. The quantitative estimate of drug-likeness (QED) is 0.483. The minimum absolute atomic E-state index is 0.0214. The van der Waals surface area contributed by atoms with Gasteiger partial charge in [0, 0.05) is 24.9 Å². The Morgan fingerprint density at radius 1 is 1.14 bits per heavy atom. The average Bonchev–Trinajstić information content (AvgIpc) is 3.30. The average molecular weight is 505 g/mol. The molecule has 1 aromatic carbocycles. The topological polar surface area (TPSA) is 125 Å². The second-order valence-electron chi connectivity index (χ2n) is 9.75. The van der Waals surface area contributed by atoms with Crippen LogP contribution in [0.1, 0.15) is 31.2 Å². The Bertz CT molecular complexity index is 1240. The van der Waals surface area contributed by atoms with Crippen molar-refractivity contribution in [2.24, 2.45) is 5.92 Å². The van der Waals surface area contributed by atoms with Crippen LogP contribution in [0.25, 0.3) is 0 Å². The van der Waals surface area contributed by atoms with Crippen LogP contribution in [-0.4, -0.2) is 56.8 Å². The summed E-state index contributed by atoms with van der Waals surface area (Å²) < 4.78 is 13.5. The van der Waals surface area contributed by atoms with Crippen molar-refractivity contribution in [1.29, 1.82) is 0 Å². The minimum Gasteiger partial charge on any atom is -0.489 e. The third-order valence-electron chi connectivity index (χ3n) is 6.81. The van der Waals surface area contributed by atoms with Crippen molar-refractivity contribution in [2.45, 2.75) is 51.4 Å². The van der Waals surface area contributed by atoms with E-state index in [4.69, 9.17) is 15.2 Å². The van der Waals surface area contributed by atoms with Gasteiger partial charge < -0.3 is 25.4 Å². The Balaban J connectivity index is 1.07. The van der Waals surface area contributed by atoms with Crippen molar-refractivity contribution in [3.63, 3.8) is 0 Å². The van der Waals surface area contributed by atoms with Crippen LogP contribution in [-0.2, 0) is 16.1 Å². The van der Waals surface area contributed by atoms with Crippen molar-refractivity contribution in [3.8, 4) is 11.5 Å². The molecule has 0 bridgehead atoms. The Morgan fingerprint density at radius 3 is 2.73 bits per heavy atom. The number of benzene rings is 1. The maximum Gasteiger partial charge on any atom is 0.244 e. The number of ether oxygens (including phenoxy) is 2. The lowest BCUT2D eigenvalue weighted by Gasteiger charge is -2.34. The van der Waals surface area contributed by atoms with E-state index >= 15 is 0 Å². The number of nitrogens with two attached hydrogens (primary N) is 1. The van der Waals surface area contributed by atoms with E-state index in [0.717, 1.165) is 18.6 Å². The van der Waals surface area contributed by atoms with Crippen LogP contribution < -0.4 is 20.5 Å². The monoisotopic (exact) mass is 504 g/mol. The van der Waals surface area contributed by atoms with E-state index in [-0.39, 0.29) is 36.5 Å². The molecule has 0 unspecified atom stereocenters. The molecule has 2 fully saturated rings. The molecule has 1 aliphatic heterocycles. The first-order valence-corrected chi connectivity index (χ1v) is 12.6. The molecule has 2 amide bonds.